The lowest BCUT2D eigenvalue weighted by Gasteiger charge is -2.31. The molecule has 38 heavy (non-hydrogen) atoms. The summed E-state index contributed by atoms with van der Waals surface area (Å²) in [5, 5.41) is 0. The second kappa shape index (κ2) is 11.9. The maximum Gasteiger partial charge on any atom is 0.409 e. The summed E-state index contributed by atoms with van der Waals surface area (Å²) >= 11 is 0. The van der Waals surface area contributed by atoms with Crippen LogP contribution >= 0.6 is 0 Å². The van der Waals surface area contributed by atoms with Crippen LogP contribution in [0.1, 0.15) is 69.1 Å². The Balaban J connectivity index is 1.62. The fourth-order valence-corrected chi connectivity index (χ4v) is 5.68. The van der Waals surface area contributed by atoms with Gasteiger partial charge in [0.2, 0.25) is 0 Å². The smallest absolute Gasteiger partial charge is 0.371 e. The fraction of sp³-hybridized carbons (Fsp3) is 0.323. The van der Waals surface area contributed by atoms with Crippen LogP contribution in [0.4, 0.5) is 5.69 Å². The standard InChI is InChI=1S/C31H36N2O4S/c1-22(2)27-16-11-17-28(23(3)4)30(27)37-38(35,36)32-31(34)29(24-12-7-5-8-13-24)25-18-20-33(21-19-25)26-14-9-6-10-15-26/h5-17,22-23H,18-21H2,1-4H3,(H,32,34). The fourth-order valence-electron chi connectivity index (χ4n) is 4.90. The van der Waals surface area contributed by atoms with Crippen LogP contribution in [0.3, 0.4) is 0 Å². The van der Waals surface area contributed by atoms with Crippen LogP contribution in [0.25, 0.3) is 5.57 Å². The molecule has 1 saturated heterocycles. The molecule has 0 bridgehead atoms. The summed E-state index contributed by atoms with van der Waals surface area (Å²) in [6.45, 7) is 9.42. The molecule has 0 unspecified atom stereocenters. The number of carbonyl (C=O) groups is 1. The third-order valence-corrected chi connectivity index (χ3v) is 7.68. The molecule has 4 rings (SSSR count). The normalized spacial score (nSPS) is 14.1. The van der Waals surface area contributed by atoms with Gasteiger partial charge < -0.3 is 9.08 Å². The number of carbonyl (C=O) groups excluding carboxylic acids is 1. The van der Waals surface area contributed by atoms with E-state index < -0.39 is 16.2 Å². The molecule has 3 aromatic rings. The lowest BCUT2D eigenvalue weighted by molar-refractivity contribution is -0.114. The number of anilines is 1. The van der Waals surface area contributed by atoms with Crippen LogP contribution in [0.5, 0.6) is 5.75 Å². The number of amides is 1. The van der Waals surface area contributed by atoms with Crippen molar-refractivity contribution in [3.63, 3.8) is 0 Å². The third kappa shape index (κ3) is 6.45. The maximum absolute atomic E-state index is 13.6. The van der Waals surface area contributed by atoms with Crippen molar-refractivity contribution in [1.29, 1.82) is 0 Å². The molecule has 3 aromatic carbocycles. The first-order chi connectivity index (χ1) is 18.2. The Labute approximate surface area is 226 Å². The van der Waals surface area contributed by atoms with Crippen molar-refractivity contribution in [1.82, 2.24) is 4.72 Å². The molecule has 1 N–H and O–H groups in total. The van der Waals surface area contributed by atoms with Crippen molar-refractivity contribution >= 4 is 27.5 Å². The van der Waals surface area contributed by atoms with Crippen LogP contribution in [-0.2, 0) is 15.1 Å². The highest BCUT2D eigenvalue weighted by Crippen LogP contribution is 2.35. The third-order valence-electron chi connectivity index (χ3n) is 6.86. The average Bonchev–Trinajstić information content (AvgIpc) is 2.89. The van der Waals surface area contributed by atoms with Gasteiger partial charge >= 0.3 is 10.3 Å². The van der Waals surface area contributed by atoms with Crippen molar-refractivity contribution in [2.45, 2.75) is 52.4 Å². The Morgan fingerprint density at radius 3 is 1.84 bits per heavy atom. The minimum atomic E-state index is -4.44. The Hall–Kier alpha value is -3.58. The molecule has 1 heterocycles. The van der Waals surface area contributed by atoms with Crippen LogP contribution < -0.4 is 13.8 Å². The number of para-hydroxylation sites is 2. The number of nitrogens with one attached hydrogen (secondary N) is 1. The van der Waals surface area contributed by atoms with E-state index in [1.165, 1.54) is 0 Å². The minimum Gasteiger partial charge on any atom is -0.371 e. The van der Waals surface area contributed by atoms with Crippen molar-refractivity contribution in [3.8, 4) is 5.75 Å². The molecular formula is C31H36N2O4S. The number of hydrogen-bond donors (Lipinski definition) is 1. The Kier molecular flexibility index (Phi) is 8.57. The van der Waals surface area contributed by atoms with E-state index in [-0.39, 0.29) is 11.8 Å². The van der Waals surface area contributed by atoms with Crippen molar-refractivity contribution < 1.29 is 17.4 Å². The summed E-state index contributed by atoms with van der Waals surface area (Å²) in [5.74, 6) is -0.284. The number of rotatable bonds is 8. The van der Waals surface area contributed by atoms with E-state index in [0.717, 1.165) is 35.5 Å². The van der Waals surface area contributed by atoms with Crippen molar-refractivity contribution in [2.24, 2.45) is 0 Å². The van der Waals surface area contributed by atoms with Gasteiger partial charge in [-0.05, 0) is 53.5 Å². The highest BCUT2D eigenvalue weighted by molar-refractivity contribution is 7.85. The highest BCUT2D eigenvalue weighted by atomic mass is 32.2. The number of piperidine rings is 1. The van der Waals surface area contributed by atoms with Gasteiger partial charge in [0.25, 0.3) is 5.91 Å². The number of benzene rings is 3. The van der Waals surface area contributed by atoms with E-state index in [1.54, 1.807) is 0 Å². The van der Waals surface area contributed by atoms with Crippen molar-refractivity contribution in [2.75, 3.05) is 18.0 Å². The van der Waals surface area contributed by atoms with Gasteiger partial charge in [-0.3, -0.25) is 4.79 Å². The molecule has 1 aliphatic heterocycles. The molecule has 7 heteroatoms. The molecule has 1 fully saturated rings. The maximum atomic E-state index is 13.6. The summed E-state index contributed by atoms with van der Waals surface area (Å²) in [6.07, 6.45) is 1.31. The second-order valence-corrected chi connectivity index (χ2v) is 11.5. The molecule has 0 aliphatic carbocycles. The van der Waals surface area contributed by atoms with E-state index in [9.17, 15) is 13.2 Å². The summed E-state index contributed by atoms with van der Waals surface area (Å²) in [6, 6.07) is 25.0. The Morgan fingerprint density at radius 1 is 0.789 bits per heavy atom. The Bertz CT molecular complexity index is 1360. The minimum absolute atomic E-state index is 0.0476. The van der Waals surface area contributed by atoms with Gasteiger partial charge in [-0.2, -0.15) is 8.42 Å². The van der Waals surface area contributed by atoms with E-state index in [1.807, 2.05) is 94.4 Å². The molecule has 1 aliphatic rings. The number of nitrogens with zero attached hydrogens (tertiary/aromatic N) is 1. The molecular weight excluding hydrogens is 496 g/mol. The second-order valence-electron chi connectivity index (χ2n) is 10.2. The van der Waals surface area contributed by atoms with E-state index in [4.69, 9.17) is 4.18 Å². The molecule has 0 saturated carbocycles. The largest absolute Gasteiger partial charge is 0.409 e. The van der Waals surface area contributed by atoms with Gasteiger partial charge in [-0.15, -0.1) is 0 Å². The molecule has 0 atom stereocenters. The molecule has 0 aromatic heterocycles. The zero-order valence-electron chi connectivity index (χ0n) is 22.5. The zero-order valence-corrected chi connectivity index (χ0v) is 23.3. The first kappa shape index (κ1) is 27.5. The van der Waals surface area contributed by atoms with Gasteiger partial charge in [-0.25, -0.2) is 4.72 Å². The summed E-state index contributed by atoms with van der Waals surface area (Å²) in [7, 11) is -4.44. The Morgan fingerprint density at radius 2 is 1.32 bits per heavy atom. The van der Waals surface area contributed by atoms with Crippen molar-refractivity contribution in [3.05, 3.63) is 101 Å². The van der Waals surface area contributed by atoms with Gasteiger partial charge in [0.05, 0.1) is 0 Å². The SMILES string of the molecule is CC(C)c1cccc(C(C)C)c1OS(=O)(=O)NC(=O)C(=C1CCN(c2ccccc2)CC1)c1ccccc1. The van der Waals surface area contributed by atoms with Crippen LogP contribution in [0.2, 0.25) is 0 Å². The van der Waals surface area contributed by atoms with Gasteiger partial charge in [0, 0.05) is 24.4 Å². The monoisotopic (exact) mass is 532 g/mol. The van der Waals surface area contributed by atoms with Gasteiger partial charge in [0.1, 0.15) is 0 Å². The van der Waals surface area contributed by atoms with Crippen LogP contribution in [0.15, 0.2) is 84.4 Å². The lowest BCUT2D eigenvalue weighted by atomic mass is 9.92. The van der Waals surface area contributed by atoms with Crippen LogP contribution in [0, 0.1) is 0 Å². The highest BCUT2D eigenvalue weighted by Gasteiger charge is 2.28. The molecule has 1 amide bonds. The van der Waals surface area contributed by atoms with Gasteiger partial charge in [-0.1, -0.05) is 100.0 Å². The number of hydrogen-bond acceptors (Lipinski definition) is 5. The zero-order chi connectivity index (χ0) is 27.3. The first-order valence-electron chi connectivity index (χ1n) is 13.1. The molecule has 0 radical (unpaired) electrons. The van der Waals surface area contributed by atoms with Crippen LogP contribution in [-0.4, -0.2) is 27.4 Å². The van der Waals surface area contributed by atoms with E-state index >= 15 is 0 Å². The summed E-state index contributed by atoms with van der Waals surface area (Å²) in [5.41, 5.74) is 4.72. The summed E-state index contributed by atoms with van der Waals surface area (Å²) in [4.78, 5) is 15.9. The lowest BCUT2D eigenvalue weighted by Crippen LogP contribution is -2.37. The molecule has 0 spiro atoms. The van der Waals surface area contributed by atoms with Gasteiger partial charge in [0.15, 0.2) is 5.75 Å². The average molecular weight is 533 g/mol. The molecule has 200 valence electrons. The molecule has 6 nitrogen and oxygen atoms in total. The summed E-state index contributed by atoms with van der Waals surface area (Å²) < 4.78 is 34.3. The van der Waals surface area contributed by atoms with E-state index in [0.29, 0.717) is 29.7 Å². The van der Waals surface area contributed by atoms with E-state index in [2.05, 4.69) is 21.8 Å². The first-order valence-corrected chi connectivity index (χ1v) is 14.5. The predicted molar refractivity (Wildman–Crippen MR) is 154 cm³/mol. The topological polar surface area (TPSA) is 75.7 Å². The quantitative estimate of drug-likeness (QED) is 0.339. The predicted octanol–water partition coefficient (Wildman–Crippen LogP) is 6.43.